The number of carbonyl (C=O) groups excluding carboxylic acids is 2. The standard InChI is InChI=1S/C70H113NO8/c1-6-8-10-12-14-16-18-20-22-23-24-25-26-27-28-29-30-31-32-33-34-35-36-37-38-39-40-41-42-43-44-45-47-49-51-53-55-57-59-61-68(73)79-66(65-78-70(69(74)75)76-63-62-71(3,4)5)64-77-67(72)60-58-56-54-52-50-48-46-21-19-17-15-13-11-9-7-2/h8-11,14-17,20-22,24-25,27-28,30-31,33-34,36-37,46,50,52,66,70H,6-7,12-13,18-19,23,26,29,32,35,38-45,47-49,51,53-65H2,1-5H3/p+1/b10-8-,11-9-,16-14-,17-15-,22-20-,25-24-,28-27-,31-30-,34-33-,37-36-,46-21-,52-50-. The van der Waals surface area contributed by atoms with E-state index in [-0.39, 0.29) is 32.7 Å². The summed E-state index contributed by atoms with van der Waals surface area (Å²) in [6, 6.07) is 0. The molecule has 1 N–H and O–H groups in total. The fourth-order valence-corrected chi connectivity index (χ4v) is 7.90. The molecule has 0 heterocycles. The lowest BCUT2D eigenvalue weighted by molar-refractivity contribution is -0.870. The summed E-state index contributed by atoms with van der Waals surface area (Å²) in [6.07, 6.45) is 83.8. The third-order valence-corrected chi connectivity index (χ3v) is 12.6. The summed E-state index contributed by atoms with van der Waals surface area (Å²) in [5.41, 5.74) is 0. The molecule has 0 fully saturated rings. The largest absolute Gasteiger partial charge is 0.477 e. The zero-order chi connectivity index (χ0) is 57.6. The molecule has 0 rings (SSSR count). The lowest BCUT2D eigenvalue weighted by atomic mass is 10.0. The van der Waals surface area contributed by atoms with E-state index in [1.807, 2.05) is 21.1 Å². The van der Waals surface area contributed by atoms with Gasteiger partial charge in [0.1, 0.15) is 13.2 Å². The molecule has 0 radical (unpaired) electrons. The predicted molar refractivity (Wildman–Crippen MR) is 336 cm³/mol. The van der Waals surface area contributed by atoms with E-state index in [4.69, 9.17) is 18.9 Å². The van der Waals surface area contributed by atoms with Crippen molar-refractivity contribution in [2.24, 2.45) is 0 Å². The van der Waals surface area contributed by atoms with E-state index in [0.717, 1.165) is 109 Å². The van der Waals surface area contributed by atoms with Crippen molar-refractivity contribution in [2.45, 2.75) is 232 Å². The summed E-state index contributed by atoms with van der Waals surface area (Å²) in [7, 11) is 5.95. The third kappa shape index (κ3) is 60.7. The number of nitrogens with zero attached hydrogens (tertiary/aromatic N) is 1. The first-order valence-electron chi connectivity index (χ1n) is 31.0. The van der Waals surface area contributed by atoms with Crippen LogP contribution in [0.3, 0.4) is 0 Å². The highest BCUT2D eigenvalue weighted by atomic mass is 16.7. The fraction of sp³-hybridized carbons (Fsp3) is 0.614. The van der Waals surface area contributed by atoms with Crippen molar-refractivity contribution in [3.05, 3.63) is 146 Å². The van der Waals surface area contributed by atoms with Gasteiger partial charge in [0.25, 0.3) is 6.29 Å². The fourth-order valence-electron chi connectivity index (χ4n) is 7.90. The Morgan fingerprint density at radius 2 is 0.684 bits per heavy atom. The Kier molecular flexibility index (Phi) is 55.7. The average Bonchev–Trinajstić information content (AvgIpc) is 3.42. The van der Waals surface area contributed by atoms with Crippen molar-refractivity contribution < 1.29 is 42.9 Å². The molecule has 0 aromatic heterocycles. The van der Waals surface area contributed by atoms with E-state index in [0.29, 0.717) is 23.9 Å². The second-order valence-corrected chi connectivity index (χ2v) is 21.2. The van der Waals surface area contributed by atoms with Crippen molar-refractivity contribution >= 4 is 17.9 Å². The zero-order valence-electron chi connectivity index (χ0n) is 50.7. The molecule has 0 aromatic rings. The molecule has 2 atom stereocenters. The highest BCUT2D eigenvalue weighted by molar-refractivity contribution is 5.71. The summed E-state index contributed by atoms with van der Waals surface area (Å²) in [5.74, 6) is -2.07. The molecule has 0 spiro atoms. The maximum Gasteiger partial charge on any atom is 0.361 e. The number of unbranched alkanes of at least 4 members (excludes halogenated alkanes) is 16. The number of likely N-dealkylation sites (N-methyl/N-ethyl adjacent to an activating group) is 1. The van der Waals surface area contributed by atoms with Gasteiger partial charge in [-0.3, -0.25) is 9.59 Å². The molecule has 0 aliphatic heterocycles. The number of ether oxygens (including phenoxy) is 4. The van der Waals surface area contributed by atoms with Crippen LogP contribution in [0.1, 0.15) is 219 Å². The summed E-state index contributed by atoms with van der Waals surface area (Å²) >= 11 is 0. The maximum atomic E-state index is 12.9. The minimum atomic E-state index is -1.53. The Hall–Kier alpha value is -4.83. The average molecular weight is 1100 g/mol. The molecule has 0 aliphatic carbocycles. The molecular weight excluding hydrogens is 983 g/mol. The van der Waals surface area contributed by atoms with Gasteiger partial charge in [-0.1, -0.05) is 237 Å². The van der Waals surface area contributed by atoms with Crippen molar-refractivity contribution in [1.82, 2.24) is 0 Å². The van der Waals surface area contributed by atoms with Gasteiger partial charge < -0.3 is 28.5 Å². The molecule has 0 amide bonds. The van der Waals surface area contributed by atoms with Crippen LogP contribution >= 0.6 is 0 Å². The van der Waals surface area contributed by atoms with E-state index in [1.165, 1.54) is 70.6 Å². The molecule has 446 valence electrons. The van der Waals surface area contributed by atoms with Gasteiger partial charge in [0.05, 0.1) is 34.4 Å². The van der Waals surface area contributed by atoms with Gasteiger partial charge in [-0.15, -0.1) is 0 Å². The van der Waals surface area contributed by atoms with Gasteiger partial charge >= 0.3 is 17.9 Å². The number of hydrogen-bond donors (Lipinski definition) is 1. The molecular formula is C70H114NO8+. The number of carboxylic acids is 1. The molecule has 79 heavy (non-hydrogen) atoms. The van der Waals surface area contributed by atoms with Crippen LogP contribution in [-0.4, -0.2) is 87.4 Å². The second kappa shape index (κ2) is 59.3. The first-order chi connectivity index (χ1) is 38.6. The SMILES string of the molecule is CC/C=C\C/C=C\C/C=C\C/C=C\C/C=C\C/C=C\C/C=C\C/C=C\CCCCCCCCCCCCCCCCC(=O)OC(COC(=O)CCCC/C=C\C/C=C\C/C=C\C/C=C\CC)COC(OCC[N+](C)(C)C)C(=O)O. The Bertz CT molecular complexity index is 1800. The number of quaternary nitrogens is 1. The van der Waals surface area contributed by atoms with Crippen LogP contribution in [0.2, 0.25) is 0 Å². The van der Waals surface area contributed by atoms with Gasteiger partial charge in [-0.05, 0) is 116 Å². The van der Waals surface area contributed by atoms with Crippen LogP contribution in [0.15, 0.2) is 146 Å². The summed E-state index contributed by atoms with van der Waals surface area (Å²) in [5, 5.41) is 9.70. The van der Waals surface area contributed by atoms with Crippen LogP contribution in [0, 0.1) is 0 Å². The van der Waals surface area contributed by atoms with Crippen molar-refractivity contribution in [3.63, 3.8) is 0 Å². The third-order valence-electron chi connectivity index (χ3n) is 12.6. The van der Waals surface area contributed by atoms with E-state index >= 15 is 0 Å². The van der Waals surface area contributed by atoms with Crippen LogP contribution < -0.4 is 0 Å². The van der Waals surface area contributed by atoms with E-state index < -0.39 is 30.3 Å². The molecule has 9 nitrogen and oxygen atoms in total. The number of carbonyl (C=O) groups is 3. The lowest BCUT2D eigenvalue weighted by Gasteiger charge is -2.25. The van der Waals surface area contributed by atoms with E-state index in [9.17, 15) is 19.5 Å². The van der Waals surface area contributed by atoms with E-state index in [1.54, 1.807) is 0 Å². The number of hydrogen-bond acceptors (Lipinski definition) is 7. The molecule has 0 aromatic carbocycles. The normalized spacial score (nSPS) is 13.8. The predicted octanol–water partition coefficient (Wildman–Crippen LogP) is 18.8. The molecule has 0 saturated heterocycles. The molecule has 0 saturated carbocycles. The first-order valence-corrected chi connectivity index (χ1v) is 31.0. The Balaban J connectivity index is 4.13. The van der Waals surface area contributed by atoms with Gasteiger partial charge in [0, 0.05) is 12.8 Å². The summed E-state index contributed by atoms with van der Waals surface area (Å²) in [4.78, 5) is 37.4. The van der Waals surface area contributed by atoms with Crippen LogP contribution in [-0.2, 0) is 33.3 Å². The maximum absolute atomic E-state index is 12.9. The molecule has 0 aliphatic rings. The second-order valence-electron chi connectivity index (χ2n) is 21.2. The number of aliphatic carboxylic acids is 1. The quantitative estimate of drug-likeness (QED) is 0.0211. The van der Waals surface area contributed by atoms with Gasteiger partial charge in [-0.2, -0.15) is 0 Å². The Morgan fingerprint density at radius 1 is 0.380 bits per heavy atom. The Labute approximate surface area is 483 Å². The van der Waals surface area contributed by atoms with Gasteiger partial charge in [0.2, 0.25) is 0 Å². The monoisotopic (exact) mass is 1100 g/mol. The van der Waals surface area contributed by atoms with Crippen LogP contribution in [0.4, 0.5) is 0 Å². The number of allylic oxidation sites excluding steroid dienone is 24. The van der Waals surface area contributed by atoms with Crippen molar-refractivity contribution in [1.29, 1.82) is 0 Å². The summed E-state index contributed by atoms with van der Waals surface area (Å²) in [6.45, 7) is 4.58. The highest BCUT2D eigenvalue weighted by Crippen LogP contribution is 2.15. The molecule has 9 heteroatoms. The number of esters is 2. The van der Waals surface area contributed by atoms with E-state index in [2.05, 4.69) is 160 Å². The van der Waals surface area contributed by atoms with Crippen molar-refractivity contribution in [2.75, 3.05) is 47.5 Å². The van der Waals surface area contributed by atoms with Gasteiger partial charge in [-0.25, -0.2) is 4.79 Å². The van der Waals surface area contributed by atoms with Crippen LogP contribution in [0.25, 0.3) is 0 Å². The Morgan fingerprint density at radius 3 is 1.04 bits per heavy atom. The van der Waals surface area contributed by atoms with Gasteiger partial charge in [0.15, 0.2) is 6.10 Å². The topological polar surface area (TPSA) is 108 Å². The van der Waals surface area contributed by atoms with Crippen LogP contribution in [0.5, 0.6) is 0 Å². The lowest BCUT2D eigenvalue weighted by Crippen LogP contribution is -2.40. The summed E-state index contributed by atoms with van der Waals surface area (Å²) < 4.78 is 22.8. The minimum absolute atomic E-state index is 0.174. The number of rotatable bonds is 55. The first kappa shape index (κ1) is 74.2. The number of carboxylic acid groups (broad SMARTS) is 1. The molecule has 2 unspecified atom stereocenters. The zero-order valence-corrected chi connectivity index (χ0v) is 50.7. The minimum Gasteiger partial charge on any atom is -0.477 e. The highest BCUT2D eigenvalue weighted by Gasteiger charge is 2.25. The smallest absolute Gasteiger partial charge is 0.361 e. The molecule has 0 bridgehead atoms. The van der Waals surface area contributed by atoms with Crippen molar-refractivity contribution in [3.8, 4) is 0 Å².